The molecule has 178 valence electrons. The number of ether oxygens (including phenoxy) is 1. The number of thioether (sulfide) groups is 1. The Kier molecular flexibility index (Phi) is 7.50. The summed E-state index contributed by atoms with van der Waals surface area (Å²) >= 11 is 1.68. The fourth-order valence-corrected chi connectivity index (χ4v) is 5.42. The van der Waals surface area contributed by atoms with E-state index in [1.807, 2.05) is 19.1 Å². The highest BCUT2D eigenvalue weighted by Crippen LogP contribution is 2.38. The highest BCUT2D eigenvalue weighted by atomic mass is 32.2. The fourth-order valence-electron chi connectivity index (χ4n) is 4.27. The van der Waals surface area contributed by atoms with E-state index in [-0.39, 0.29) is 19.0 Å². The highest BCUT2D eigenvalue weighted by molar-refractivity contribution is 7.98. The number of nitrogens with zero attached hydrogens (tertiary/aromatic N) is 1. The Morgan fingerprint density at radius 2 is 2.12 bits per heavy atom. The predicted molar refractivity (Wildman–Crippen MR) is 130 cm³/mol. The predicted octanol–water partition coefficient (Wildman–Crippen LogP) is 3.75. The molecule has 0 aliphatic carbocycles. The van der Waals surface area contributed by atoms with Gasteiger partial charge in [0.25, 0.3) is 5.91 Å². The average Bonchev–Trinajstić information content (AvgIpc) is 3.02. The molecule has 34 heavy (non-hydrogen) atoms. The maximum Gasteiger partial charge on any atom is 0.251 e. The Labute approximate surface area is 202 Å². The third-order valence-corrected chi connectivity index (χ3v) is 7.23. The summed E-state index contributed by atoms with van der Waals surface area (Å²) < 4.78 is 20.1. The zero-order valence-corrected chi connectivity index (χ0v) is 19.7. The molecule has 0 aromatic heterocycles. The van der Waals surface area contributed by atoms with Crippen LogP contribution in [0.4, 0.5) is 4.39 Å². The molecular formula is C26H27FN2O4S. The molecule has 1 amide bonds. The second-order valence-electron chi connectivity index (χ2n) is 8.21. The van der Waals surface area contributed by atoms with Crippen molar-refractivity contribution >= 4 is 29.5 Å². The average molecular weight is 483 g/mol. The van der Waals surface area contributed by atoms with Crippen LogP contribution < -0.4 is 5.73 Å². The van der Waals surface area contributed by atoms with Gasteiger partial charge in [0.15, 0.2) is 5.76 Å². The van der Waals surface area contributed by atoms with E-state index in [0.717, 1.165) is 27.7 Å². The van der Waals surface area contributed by atoms with Crippen LogP contribution in [0, 0.1) is 5.82 Å². The van der Waals surface area contributed by atoms with Crippen molar-refractivity contribution in [3.05, 3.63) is 81.9 Å². The van der Waals surface area contributed by atoms with Gasteiger partial charge in [-0.1, -0.05) is 31.2 Å². The number of benzene rings is 2. The van der Waals surface area contributed by atoms with Gasteiger partial charge in [0, 0.05) is 23.3 Å². The van der Waals surface area contributed by atoms with Crippen LogP contribution in [-0.4, -0.2) is 47.6 Å². The van der Waals surface area contributed by atoms with Gasteiger partial charge in [0.2, 0.25) is 5.78 Å². The Bertz CT molecular complexity index is 1180. The number of ketones is 1. The monoisotopic (exact) mass is 482 g/mol. The molecule has 6 nitrogen and oxygen atoms in total. The summed E-state index contributed by atoms with van der Waals surface area (Å²) in [5.74, 6) is -1.67. The third kappa shape index (κ3) is 5.09. The Balaban J connectivity index is 1.61. The van der Waals surface area contributed by atoms with Crippen LogP contribution in [-0.2, 0) is 32.9 Å². The van der Waals surface area contributed by atoms with E-state index >= 15 is 0 Å². The third-order valence-electron chi connectivity index (χ3n) is 6.09. The van der Waals surface area contributed by atoms with E-state index in [0.29, 0.717) is 36.3 Å². The SMILES string of the molecule is CCc1c(F)cc(/C=C/C(=O)/C(O)=C/C(=O)N2CCOC[C@H]2N)c2c1CSc1ccccc1C2. The molecule has 0 radical (unpaired) electrons. The summed E-state index contributed by atoms with van der Waals surface area (Å²) in [6, 6.07) is 9.53. The number of morpholine rings is 1. The van der Waals surface area contributed by atoms with Gasteiger partial charge >= 0.3 is 0 Å². The number of aliphatic hydroxyl groups excluding tert-OH is 1. The van der Waals surface area contributed by atoms with Gasteiger partial charge in [0.1, 0.15) is 12.0 Å². The largest absolute Gasteiger partial charge is 0.504 e. The molecule has 3 N–H and O–H groups in total. The molecule has 0 saturated carbocycles. The first-order valence-electron chi connectivity index (χ1n) is 11.2. The van der Waals surface area contributed by atoms with Crippen LogP contribution in [0.3, 0.4) is 0 Å². The van der Waals surface area contributed by atoms with Gasteiger partial charge in [-0.2, -0.15) is 0 Å². The van der Waals surface area contributed by atoms with Crippen molar-refractivity contribution in [1.82, 2.24) is 4.90 Å². The Morgan fingerprint density at radius 1 is 1.32 bits per heavy atom. The number of hydrogen-bond acceptors (Lipinski definition) is 6. The molecule has 1 saturated heterocycles. The maximum absolute atomic E-state index is 14.9. The lowest BCUT2D eigenvalue weighted by atomic mass is 9.90. The number of halogens is 1. The van der Waals surface area contributed by atoms with E-state index in [9.17, 15) is 19.1 Å². The lowest BCUT2D eigenvalue weighted by Gasteiger charge is -2.32. The van der Waals surface area contributed by atoms with E-state index in [4.69, 9.17) is 10.5 Å². The molecule has 0 spiro atoms. The van der Waals surface area contributed by atoms with Crippen LogP contribution in [0.5, 0.6) is 0 Å². The molecule has 8 heteroatoms. The topological polar surface area (TPSA) is 92.9 Å². The number of nitrogens with two attached hydrogens (primary N) is 1. The number of rotatable bonds is 5. The van der Waals surface area contributed by atoms with Gasteiger partial charge in [-0.05, 0) is 58.9 Å². The Hall–Kier alpha value is -2.94. The van der Waals surface area contributed by atoms with Crippen LogP contribution >= 0.6 is 11.8 Å². The normalized spacial score (nSPS) is 18.4. The minimum atomic E-state index is -0.743. The number of carbonyl (C=O) groups excluding carboxylic acids is 2. The van der Waals surface area contributed by atoms with Crippen molar-refractivity contribution in [2.75, 3.05) is 19.8 Å². The van der Waals surface area contributed by atoms with Crippen molar-refractivity contribution in [2.45, 2.75) is 36.6 Å². The first-order valence-corrected chi connectivity index (χ1v) is 12.2. The number of aliphatic hydroxyl groups is 1. The molecule has 1 atom stereocenters. The van der Waals surface area contributed by atoms with Gasteiger partial charge in [-0.15, -0.1) is 11.8 Å². The highest BCUT2D eigenvalue weighted by Gasteiger charge is 2.24. The molecule has 4 rings (SSSR count). The van der Waals surface area contributed by atoms with E-state index in [2.05, 4.69) is 12.1 Å². The fraction of sp³-hybridized carbons (Fsp3) is 0.308. The minimum absolute atomic E-state index is 0.194. The van der Waals surface area contributed by atoms with Crippen LogP contribution in [0.1, 0.15) is 34.7 Å². The van der Waals surface area contributed by atoms with Crippen molar-refractivity contribution in [2.24, 2.45) is 5.73 Å². The van der Waals surface area contributed by atoms with Gasteiger partial charge in [-0.3, -0.25) is 9.59 Å². The molecule has 1 fully saturated rings. The molecule has 2 aromatic carbocycles. The quantitative estimate of drug-likeness (QED) is 0.498. The smallest absolute Gasteiger partial charge is 0.251 e. The molecule has 0 bridgehead atoms. The van der Waals surface area contributed by atoms with Crippen LogP contribution in [0.25, 0.3) is 6.08 Å². The Morgan fingerprint density at radius 3 is 2.88 bits per heavy atom. The van der Waals surface area contributed by atoms with Crippen molar-refractivity contribution in [3.63, 3.8) is 0 Å². The standard InChI is InChI=1S/C26H27FN2O4S/c1-2-18-20-15-34-24-6-4-3-5-17(24)11-19(20)16(12-21(18)27)7-8-22(30)23(31)13-26(32)29-9-10-33-14-25(29)28/h3-8,12-13,25,31H,2,9-11,14-15,28H2,1H3/b8-7+,23-13-/t25-/m0/s1. The van der Waals surface area contributed by atoms with Gasteiger partial charge in [0.05, 0.1) is 13.2 Å². The summed E-state index contributed by atoms with van der Waals surface area (Å²) in [4.78, 5) is 27.4. The van der Waals surface area contributed by atoms with Crippen LogP contribution in [0.15, 0.2) is 53.1 Å². The number of carbonyl (C=O) groups is 2. The van der Waals surface area contributed by atoms with Crippen molar-refractivity contribution < 1.29 is 23.8 Å². The first-order chi connectivity index (χ1) is 16.4. The number of hydrogen-bond donors (Lipinski definition) is 2. The molecule has 2 heterocycles. The first kappa shape index (κ1) is 24.2. The summed E-state index contributed by atoms with van der Waals surface area (Å²) in [5, 5.41) is 10.2. The molecule has 2 aliphatic rings. The zero-order chi connectivity index (χ0) is 24.2. The van der Waals surface area contributed by atoms with Crippen molar-refractivity contribution in [1.29, 1.82) is 0 Å². The lowest BCUT2D eigenvalue weighted by molar-refractivity contribution is -0.134. The number of allylic oxidation sites excluding steroid dienone is 1. The summed E-state index contributed by atoms with van der Waals surface area (Å²) in [7, 11) is 0. The minimum Gasteiger partial charge on any atom is -0.504 e. The summed E-state index contributed by atoms with van der Waals surface area (Å²) in [6.07, 6.45) is 4.11. The molecule has 0 unspecified atom stereocenters. The van der Waals surface area contributed by atoms with Crippen LogP contribution in [0.2, 0.25) is 0 Å². The number of amides is 1. The van der Waals surface area contributed by atoms with Gasteiger partial charge < -0.3 is 20.5 Å². The summed E-state index contributed by atoms with van der Waals surface area (Å²) in [6.45, 7) is 2.75. The second kappa shape index (κ2) is 10.5. The second-order valence-corrected chi connectivity index (χ2v) is 9.23. The van der Waals surface area contributed by atoms with Gasteiger partial charge in [-0.25, -0.2) is 4.39 Å². The molecule has 2 aromatic rings. The van der Waals surface area contributed by atoms with E-state index < -0.39 is 23.6 Å². The maximum atomic E-state index is 14.9. The van der Waals surface area contributed by atoms with E-state index in [1.54, 1.807) is 11.8 Å². The van der Waals surface area contributed by atoms with E-state index in [1.165, 1.54) is 23.1 Å². The zero-order valence-electron chi connectivity index (χ0n) is 18.9. The summed E-state index contributed by atoms with van der Waals surface area (Å²) in [5.41, 5.74) is 10.2. The lowest BCUT2D eigenvalue weighted by Crippen LogP contribution is -2.53. The molecule has 2 aliphatic heterocycles. The number of fused-ring (bicyclic) bond motifs is 2. The molecular weight excluding hydrogens is 455 g/mol. The van der Waals surface area contributed by atoms with Crippen molar-refractivity contribution in [3.8, 4) is 0 Å².